The molecule has 0 amide bonds. The summed E-state index contributed by atoms with van der Waals surface area (Å²) in [5.74, 6) is 0.444. The highest BCUT2D eigenvalue weighted by Gasteiger charge is 2.10. The van der Waals surface area contributed by atoms with Crippen molar-refractivity contribution in [2.45, 2.75) is 33.7 Å². The second-order valence-corrected chi connectivity index (χ2v) is 4.69. The lowest BCUT2D eigenvalue weighted by Crippen LogP contribution is -2.28. The molecular formula is C14H23FN2. The summed E-state index contributed by atoms with van der Waals surface area (Å²) >= 11 is 0. The van der Waals surface area contributed by atoms with E-state index in [-0.39, 0.29) is 5.82 Å². The molecule has 0 spiro atoms. The largest absolute Gasteiger partial charge is 0.399 e. The van der Waals surface area contributed by atoms with Crippen molar-refractivity contribution in [3.63, 3.8) is 0 Å². The smallest absolute Gasteiger partial charge is 0.129 e. The first-order chi connectivity index (χ1) is 8.06. The van der Waals surface area contributed by atoms with Gasteiger partial charge in [0.15, 0.2) is 0 Å². The number of nitrogen functional groups attached to an aromatic ring is 1. The van der Waals surface area contributed by atoms with E-state index in [0.29, 0.717) is 18.2 Å². The molecule has 3 heteroatoms. The molecule has 1 aromatic rings. The summed E-state index contributed by atoms with van der Waals surface area (Å²) in [7, 11) is 0. The molecule has 1 unspecified atom stereocenters. The maximum absolute atomic E-state index is 13.7. The molecule has 17 heavy (non-hydrogen) atoms. The SMILES string of the molecule is CCC(C)CN(CC)Cc1ccc(N)cc1F. The third-order valence-electron chi connectivity index (χ3n) is 3.19. The molecule has 0 saturated carbocycles. The van der Waals surface area contributed by atoms with Gasteiger partial charge in [0.25, 0.3) is 0 Å². The minimum Gasteiger partial charge on any atom is -0.399 e. The lowest BCUT2D eigenvalue weighted by molar-refractivity contribution is 0.235. The molecule has 1 rings (SSSR count). The molecule has 0 heterocycles. The van der Waals surface area contributed by atoms with E-state index in [2.05, 4.69) is 25.7 Å². The highest BCUT2D eigenvalue weighted by molar-refractivity contribution is 5.40. The van der Waals surface area contributed by atoms with Crippen LogP contribution in [0.2, 0.25) is 0 Å². The van der Waals surface area contributed by atoms with Crippen LogP contribution in [-0.4, -0.2) is 18.0 Å². The zero-order chi connectivity index (χ0) is 12.8. The fraction of sp³-hybridized carbons (Fsp3) is 0.571. The van der Waals surface area contributed by atoms with Crippen LogP contribution in [0.1, 0.15) is 32.8 Å². The Labute approximate surface area is 104 Å². The van der Waals surface area contributed by atoms with E-state index in [9.17, 15) is 4.39 Å². The van der Waals surface area contributed by atoms with Crippen LogP contribution in [-0.2, 0) is 6.54 Å². The lowest BCUT2D eigenvalue weighted by Gasteiger charge is -2.24. The summed E-state index contributed by atoms with van der Waals surface area (Å²) in [6, 6.07) is 4.94. The van der Waals surface area contributed by atoms with Gasteiger partial charge in [-0.15, -0.1) is 0 Å². The number of anilines is 1. The molecule has 1 atom stereocenters. The van der Waals surface area contributed by atoms with E-state index in [0.717, 1.165) is 25.1 Å². The van der Waals surface area contributed by atoms with Gasteiger partial charge < -0.3 is 5.73 Å². The predicted molar refractivity (Wildman–Crippen MR) is 71.2 cm³/mol. The second-order valence-electron chi connectivity index (χ2n) is 4.69. The van der Waals surface area contributed by atoms with Crippen molar-refractivity contribution in [2.75, 3.05) is 18.8 Å². The zero-order valence-electron chi connectivity index (χ0n) is 11.0. The minimum atomic E-state index is -0.201. The number of halogens is 1. The van der Waals surface area contributed by atoms with E-state index < -0.39 is 0 Å². The minimum absolute atomic E-state index is 0.201. The van der Waals surface area contributed by atoms with E-state index in [1.807, 2.05) is 0 Å². The van der Waals surface area contributed by atoms with Gasteiger partial charge in [0.2, 0.25) is 0 Å². The van der Waals surface area contributed by atoms with Crippen LogP contribution in [0.5, 0.6) is 0 Å². The fourth-order valence-electron chi connectivity index (χ4n) is 1.81. The zero-order valence-corrected chi connectivity index (χ0v) is 11.0. The Morgan fingerprint density at radius 3 is 2.59 bits per heavy atom. The van der Waals surface area contributed by atoms with Gasteiger partial charge in [0.05, 0.1) is 0 Å². The molecule has 2 N–H and O–H groups in total. The van der Waals surface area contributed by atoms with Gasteiger partial charge >= 0.3 is 0 Å². The average molecular weight is 238 g/mol. The molecule has 2 nitrogen and oxygen atoms in total. The lowest BCUT2D eigenvalue weighted by atomic mass is 10.1. The Kier molecular flexibility index (Phi) is 5.42. The van der Waals surface area contributed by atoms with Crippen LogP contribution in [0, 0.1) is 11.7 Å². The van der Waals surface area contributed by atoms with Crippen LogP contribution < -0.4 is 5.73 Å². The Hall–Kier alpha value is -1.09. The Balaban J connectivity index is 2.67. The van der Waals surface area contributed by atoms with Crippen LogP contribution in [0.3, 0.4) is 0 Å². The van der Waals surface area contributed by atoms with Gasteiger partial charge in [-0.2, -0.15) is 0 Å². The maximum atomic E-state index is 13.7. The van der Waals surface area contributed by atoms with Gasteiger partial charge in [-0.05, 0) is 24.6 Å². The Morgan fingerprint density at radius 1 is 1.35 bits per heavy atom. The molecule has 0 aliphatic heterocycles. The molecule has 0 fully saturated rings. The van der Waals surface area contributed by atoms with Crippen molar-refractivity contribution in [3.8, 4) is 0 Å². The number of nitrogens with zero attached hydrogens (tertiary/aromatic N) is 1. The highest BCUT2D eigenvalue weighted by Crippen LogP contribution is 2.15. The summed E-state index contributed by atoms with van der Waals surface area (Å²) in [5, 5.41) is 0. The molecule has 96 valence electrons. The molecule has 0 aliphatic carbocycles. The normalized spacial score (nSPS) is 13.0. The van der Waals surface area contributed by atoms with Crippen molar-refractivity contribution < 1.29 is 4.39 Å². The molecule has 0 radical (unpaired) electrons. The maximum Gasteiger partial charge on any atom is 0.129 e. The number of hydrogen-bond acceptors (Lipinski definition) is 2. The van der Waals surface area contributed by atoms with Crippen LogP contribution in [0.15, 0.2) is 18.2 Å². The van der Waals surface area contributed by atoms with Crippen molar-refractivity contribution in [1.29, 1.82) is 0 Å². The van der Waals surface area contributed by atoms with Crippen LogP contribution in [0.25, 0.3) is 0 Å². The molecule has 0 bridgehead atoms. The first-order valence-electron chi connectivity index (χ1n) is 6.33. The van der Waals surface area contributed by atoms with Crippen molar-refractivity contribution in [3.05, 3.63) is 29.6 Å². The second kappa shape index (κ2) is 6.60. The highest BCUT2D eigenvalue weighted by atomic mass is 19.1. The molecule has 0 saturated heterocycles. The molecule has 1 aromatic carbocycles. The third kappa shape index (κ3) is 4.35. The number of rotatable bonds is 6. The van der Waals surface area contributed by atoms with Gasteiger partial charge in [0.1, 0.15) is 5.82 Å². The van der Waals surface area contributed by atoms with E-state index in [1.165, 1.54) is 6.07 Å². The monoisotopic (exact) mass is 238 g/mol. The standard InChI is InChI=1S/C14H23FN2/c1-4-11(3)9-17(5-2)10-12-6-7-13(16)8-14(12)15/h6-8,11H,4-5,9-10,16H2,1-3H3. The number of nitrogens with two attached hydrogens (primary N) is 1. The third-order valence-corrected chi connectivity index (χ3v) is 3.19. The van der Waals surface area contributed by atoms with Crippen molar-refractivity contribution in [2.24, 2.45) is 5.92 Å². The molecular weight excluding hydrogens is 215 g/mol. The van der Waals surface area contributed by atoms with Crippen molar-refractivity contribution in [1.82, 2.24) is 4.90 Å². The predicted octanol–water partition coefficient (Wildman–Crippen LogP) is 3.28. The molecule has 0 aromatic heterocycles. The Bertz CT molecular complexity index is 352. The summed E-state index contributed by atoms with van der Waals surface area (Å²) in [6.07, 6.45) is 1.15. The van der Waals surface area contributed by atoms with Gasteiger partial charge in [0, 0.05) is 24.3 Å². The fourth-order valence-corrected chi connectivity index (χ4v) is 1.81. The summed E-state index contributed by atoms with van der Waals surface area (Å²) in [6.45, 7) is 9.12. The van der Waals surface area contributed by atoms with E-state index in [4.69, 9.17) is 5.73 Å². The van der Waals surface area contributed by atoms with E-state index in [1.54, 1.807) is 12.1 Å². The van der Waals surface area contributed by atoms with Crippen LogP contribution >= 0.6 is 0 Å². The quantitative estimate of drug-likeness (QED) is 0.771. The van der Waals surface area contributed by atoms with E-state index >= 15 is 0 Å². The van der Waals surface area contributed by atoms with Crippen molar-refractivity contribution >= 4 is 5.69 Å². The summed E-state index contributed by atoms with van der Waals surface area (Å²) in [5.41, 5.74) is 6.75. The van der Waals surface area contributed by atoms with Crippen LogP contribution in [0.4, 0.5) is 10.1 Å². The molecule has 0 aliphatic rings. The van der Waals surface area contributed by atoms with Gasteiger partial charge in [-0.25, -0.2) is 4.39 Å². The number of benzene rings is 1. The topological polar surface area (TPSA) is 29.3 Å². The first kappa shape index (κ1) is 14.0. The number of hydrogen-bond donors (Lipinski definition) is 1. The van der Waals surface area contributed by atoms with Gasteiger partial charge in [-0.1, -0.05) is 33.3 Å². The Morgan fingerprint density at radius 2 is 2.06 bits per heavy atom. The summed E-state index contributed by atoms with van der Waals surface area (Å²) < 4.78 is 13.7. The summed E-state index contributed by atoms with van der Waals surface area (Å²) in [4.78, 5) is 2.27. The van der Waals surface area contributed by atoms with Gasteiger partial charge in [-0.3, -0.25) is 4.90 Å². The first-order valence-corrected chi connectivity index (χ1v) is 6.33. The average Bonchev–Trinajstić information content (AvgIpc) is 2.31.